The number of nitrogens with zero attached hydrogens (tertiary/aromatic N) is 2. The molecule has 0 saturated carbocycles. The van der Waals surface area contributed by atoms with E-state index >= 15 is 0 Å². The Balaban J connectivity index is -0.00000105. The van der Waals surface area contributed by atoms with Gasteiger partial charge < -0.3 is 19.8 Å². The topological polar surface area (TPSA) is 86.7 Å². The number of carboxylic acids is 2. The van der Waals surface area contributed by atoms with Gasteiger partial charge in [-0.05, 0) is 64.7 Å². The summed E-state index contributed by atoms with van der Waals surface area (Å²) in [5.41, 5.74) is 0. The van der Waals surface area contributed by atoms with E-state index in [0.717, 1.165) is 51.9 Å². The van der Waals surface area contributed by atoms with Gasteiger partial charge in [0.25, 0.3) is 0 Å². The third kappa shape index (κ3) is 44.5. The minimum atomic E-state index is -0.889. The summed E-state index contributed by atoms with van der Waals surface area (Å²) < 4.78 is 0. The second kappa shape index (κ2) is 52.5. The first kappa shape index (κ1) is 63.4. The molecule has 2 atom stereocenters. The fourth-order valence-corrected chi connectivity index (χ4v) is 8.50. The van der Waals surface area contributed by atoms with E-state index in [-0.39, 0.29) is 37.7 Å². The van der Waals surface area contributed by atoms with Gasteiger partial charge in [0, 0.05) is 12.1 Å². The first-order valence-electron chi connectivity index (χ1n) is 26.2. The Morgan fingerprint density at radius 2 is 0.458 bits per heavy atom. The molecule has 0 saturated heterocycles. The molecule has 0 fully saturated rings. The van der Waals surface area contributed by atoms with Crippen molar-refractivity contribution in [2.75, 3.05) is 26.2 Å². The number of hydrogen-bond acceptors (Lipinski definition) is 6. The molecule has 7 heteroatoms. The number of carbonyl (C=O) groups excluding carboxylic acids is 2. The molecular formula is C52H104CaN2O4. The summed E-state index contributed by atoms with van der Waals surface area (Å²) in [7, 11) is 0. The molecule has 0 amide bonds. The van der Waals surface area contributed by atoms with Gasteiger partial charge in [-0.3, -0.25) is 9.80 Å². The van der Waals surface area contributed by atoms with Crippen LogP contribution >= 0.6 is 0 Å². The van der Waals surface area contributed by atoms with Crippen LogP contribution in [-0.4, -0.2) is 97.7 Å². The number of carbonyl (C=O) groups is 2. The summed E-state index contributed by atoms with van der Waals surface area (Å²) in [4.78, 5) is 27.5. The van der Waals surface area contributed by atoms with Crippen molar-refractivity contribution in [2.24, 2.45) is 0 Å². The molecule has 0 aromatic rings. The Morgan fingerprint density at radius 1 is 0.305 bits per heavy atom. The average Bonchev–Trinajstić information content (AvgIpc) is 3.21. The normalized spacial score (nSPS) is 12.3. The van der Waals surface area contributed by atoms with Crippen LogP contribution in [0.25, 0.3) is 0 Å². The van der Waals surface area contributed by atoms with E-state index in [2.05, 4.69) is 37.5 Å². The third-order valence-corrected chi connectivity index (χ3v) is 12.4. The standard InChI is InChI=1S/2C26H53NO2.Ca/c2*1-4-7-9-11-13-15-17-19-21-23-27(25(6-3)26(28)29)24-22-20-18-16-14-12-10-8-5-2;/h2*25H,4-24H2,1-3H3,(H,28,29);/q;;+2/p-2. The van der Waals surface area contributed by atoms with Crippen molar-refractivity contribution in [1.82, 2.24) is 9.80 Å². The van der Waals surface area contributed by atoms with E-state index < -0.39 is 24.0 Å². The summed E-state index contributed by atoms with van der Waals surface area (Å²) in [5.74, 6) is -1.78. The number of hydrogen-bond donors (Lipinski definition) is 0. The summed E-state index contributed by atoms with van der Waals surface area (Å²) in [6, 6.07) is -0.809. The molecule has 0 heterocycles. The van der Waals surface area contributed by atoms with Gasteiger partial charge in [-0.25, -0.2) is 0 Å². The van der Waals surface area contributed by atoms with Gasteiger partial charge in [0.1, 0.15) is 0 Å². The number of aliphatic carboxylic acids is 2. The molecule has 0 aliphatic rings. The number of unbranched alkanes of at least 4 members (excludes halogenated alkanes) is 32. The molecule has 0 N–H and O–H groups in total. The first-order valence-corrected chi connectivity index (χ1v) is 26.2. The maximum absolute atomic E-state index is 11.5. The SMILES string of the molecule is CCCCCCCCCCCN(CCCCCCCCCCC)C(CC)C(=O)[O-].CCCCCCCCCCCN(CCCCCCCCCCC)C(CC)C(=O)[O-].[Ca+2]. The van der Waals surface area contributed by atoms with Crippen molar-refractivity contribution in [3.05, 3.63) is 0 Å². The molecule has 0 aromatic carbocycles. The second-order valence-electron chi connectivity index (χ2n) is 17.9. The molecule has 59 heavy (non-hydrogen) atoms. The van der Waals surface area contributed by atoms with Crippen LogP contribution < -0.4 is 10.2 Å². The van der Waals surface area contributed by atoms with Gasteiger partial charge in [-0.15, -0.1) is 0 Å². The van der Waals surface area contributed by atoms with Crippen molar-refractivity contribution in [3.63, 3.8) is 0 Å². The van der Waals surface area contributed by atoms with Crippen LogP contribution in [0, 0.1) is 0 Å². The maximum atomic E-state index is 11.5. The van der Waals surface area contributed by atoms with Crippen molar-refractivity contribution in [3.8, 4) is 0 Å². The van der Waals surface area contributed by atoms with Crippen LogP contribution in [0.5, 0.6) is 0 Å². The predicted molar refractivity (Wildman–Crippen MR) is 256 cm³/mol. The van der Waals surface area contributed by atoms with E-state index in [1.807, 2.05) is 13.8 Å². The minimum absolute atomic E-state index is 0. The minimum Gasteiger partial charge on any atom is -0.548 e. The zero-order chi connectivity index (χ0) is 43.2. The summed E-state index contributed by atoms with van der Waals surface area (Å²) in [5, 5.41) is 23.1. The van der Waals surface area contributed by atoms with Crippen LogP contribution in [0.15, 0.2) is 0 Å². The van der Waals surface area contributed by atoms with Gasteiger partial charge in [-0.1, -0.05) is 247 Å². The fraction of sp³-hybridized carbons (Fsp3) is 0.962. The number of rotatable bonds is 46. The van der Waals surface area contributed by atoms with Gasteiger partial charge in [0.2, 0.25) is 0 Å². The molecule has 0 aromatic heterocycles. The van der Waals surface area contributed by atoms with E-state index in [9.17, 15) is 19.8 Å². The number of carboxylic acid groups (broad SMARTS) is 2. The van der Waals surface area contributed by atoms with E-state index in [1.165, 1.54) is 205 Å². The fourth-order valence-electron chi connectivity index (χ4n) is 8.50. The van der Waals surface area contributed by atoms with Crippen LogP contribution in [-0.2, 0) is 9.59 Å². The smallest absolute Gasteiger partial charge is 0.548 e. The van der Waals surface area contributed by atoms with Crippen LogP contribution in [0.4, 0.5) is 0 Å². The van der Waals surface area contributed by atoms with Crippen molar-refractivity contribution in [2.45, 2.75) is 298 Å². The molecule has 348 valence electrons. The van der Waals surface area contributed by atoms with Gasteiger partial charge >= 0.3 is 37.7 Å². The van der Waals surface area contributed by atoms with E-state index in [4.69, 9.17) is 0 Å². The zero-order valence-electron chi connectivity index (χ0n) is 41.1. The van der Waals surface area contributed by atoms with Crippen LogP contribution in [0.2, 0.25) is 0 Å². The van der Waals surface area contributed by atoms with Gasteiger partial charge in [0.05, 0.1) is 11.9 Å². The molecule has 2 unspecified atom stereocenters. The molecule has 0 bridgehead atoms. The molecule has 0 aliphatic heterocycles. The molecular weight excluding hydrogens is 757 g/mol. The van der Waals surface area contributed by atoms with E-state index in [1.54, 1.807) is 0 Å². The van der Waals surface area contributed by atoms with Crippen LogP contribution in [0.1, 0.15) is 286 Å². The molecule has 0 spiro atoms. The van der Waals surface area contributed by atoms with Gasteiger partial charge in [-0.2, -0.15) is 0 Å². The van der Waals surface area contributed by atoms with Crippen molar-refractivity contribution < 1.29 is 19.8 Å². The van der Waals surface area contributed by atoms with Crippen LogP contribution in [0.3, 0.4) is 0 Å². The second-order valence-corrected chi connectivity index (χ2v) is 17.9. The largest absolute Gasteiger partial charge is 2.00 e. The Hall–Kier alpha value is 0.120. The van der Waals surface area contributed by atoms with E-state index in [0.29, 0.717) is 12.8 Å². The Bertz CT molecular complexity index is 721. The Kier molecular flexibility index (Phi) is 56.4. The summed E-state index contributed by atoms with van der Waals surface area (Å²) in [6.07, 6.45) is 48.4. The first-order chi connectivity index (χ1) is 28.3. The molecule has 0 aliphatic carbocycles. The van der Waals surface area contributed by atoms with Crippen molar-refractivity contribution >= 4 is 49.7 Å². The Labute approximate surface area is 400 Å². The Morgan fingerprint density at radius 3 is 0.593 bits per heavy atom. The maximum Gasteiger partial charge on any atom is 2.00 e. The molecule has 0 rings (SSSR count). The quantitative estimate of drug-likeness (QED) is 0.0448. The van der Waals surface area contributed by atoms with Gasteiger partial charge in [0.15, 0.2) is 0 Å². The summed E-state index contributed by atoms with van der Waals surface area (Å²) in [6.45, 7) is 16.7. The monoisotopic (exact) mass is 861 g/mol. The zero-order valence-corrected chi connectivity index (χ0v) is 43.3. The third-order valence-electron chi connectivity index (χ3n) is 12.4. The predicted octanol–water partition coefficient (Wildman–Crippen LogP) is 13.4. The molecule has 6 nitrogen and oxygen atoms in total. The molecule has 0 radical (unpaired) electrons. The van der Waals surface area contributed by atoms with Crippen molar-refractivity contribution in [1.29, 1.82) is 0 Å². The average molecular weight is 861 g/mol. The summed E-state index contributed by atoms with van der Waals surface area (Å²) >= 11 is 0.